The van der Waals surface area contributed by atoms with Gasteiger partial charge in [-0.1, -0.05) is 66.3 Å². The molecule has 0 heterocycles. The molecule has 2 aromatic rings. The second-order valence-electron chi connectivity index (χ2n) is 6.65. The number of benzene rings is 2. The highest BCUT2D eigenvalue weighted by molar-refractivity contribution is 7.89. The molecule has 0 aliphatic heterocycles. The van der Waals surface area contributed by atoms with Gasteiger partial charge in [-0.15, -0.1) is 0 Å². The summed E-state index contributed by atoms with van der Waals surface area (Å²) in [7, 11) is -3.87. The highest BCUT2D eigenvalue weighted by Gasteiger charge is 2.31. The van der Waals surface area contributed by atoms with Gasteiger partial charge in [-0.25, -0.2) is 8.42 Å². The summed E-state index contributed by atoms with van der Waals surface area (Å²) >= 11 is 0. The predicted molar refractivity (Wildman–Crippen MR) is 108 cm³/mol. The van der Waals surface area contributed by atoms with Gasteiger partial charge >= 0.3 is 0 Å². The summed E-state index contributed by atoms with van der Waals surface area (Å²) in [6.45, 7) is 1.86. The van der Waals surface area contributed by atoms with E-state index < -0.39 is 15.7 Å². The molecule has 5 nitrogen and oxygen atoms in total. The van der Waals surface area contributed by atoms with E-state index in [2.05, 4.69) is 4.72 Å². The van der Waals surface area contributed by atoms with Gasteiger partial charge in [-0.3, -0.25) is 4.79 Å². The summed E-state index contributed by atoms with van der Waals surface area (Å²) in [4.78, 5) is 12.2. The number of hydrogen-bond donors (Lipinski definition) is 2. The molecule has 1 aliphatic rings. The van der Waals surface area contributed by atoms with Crippen LogP contribution >= 0.6 is 0 Å². The predicted octanol–water partition coefficient (Wildman–Crippen LogP) is 3.29. The zero-order valence-electron chi connectivity index (χ0n) is 15.4. The maximum absolute atomic E-state index is 12.5. The molecule has 0 saturated heterocycles. The molecule has 28 heavy (non-hydrogen) atoms. The van der Waals surface area contributed by atoms with Crippen LogP contribution in [-0.4, -0.2) is 25.0 Å². The van der Waals surface area contributed by atoms with Crippen molar-refractivity contribution >= 4 is 15.8 Å². The Morgan fingerprint density at radius 2 is 1.79 bits per heavy atom. The van der Waals surface area contributed by atoms with E-state index in [1.54, 1.807) is 54.6 Å². The zero-order valence-corrected chi connectivity index (χ0v) is 16.2. The third-order valence-electron chi connectivity index (χ3n) is 4.33. The maximum Gasteiger partial charge on any atom is 0.243 e. The van der Waals surface area contributed by atoms with Gasteiger partial charge in [-0.05, 0) is 36.8 Å². The Hall–Kier alpha value is -2.80. The highest BCUT2D eigenvalue weighted by atomic mass is 32.2. The number of nitrogens with one attached hydrogen (secondary N) is 1. The van der Waals surface area contributed by atoms with Crippen LogP contribution in [0.25, 0.3) is 0 Å². The largest absolute Gasteiger partial charge is 0.371 e. The van der Waals surface area contributed by atoms with E-state index in [0.29, 0.717) is 11.1 Å². The molecule has 0 aromatic heterocycles. The first-order chi connectivity index (χ1) is 13.3. The number of sulfonamides is 1. The molecule has 2 aromatic carbocycles. The summed E-state index contributed by atoms with van der Waals surface area (Å²) < 4.78 is 27.3. The smallest absolute Gasteiger partial charge is 0.243 e. The molecule has 0 amide bonds. The average molecular weight is 395 g/mol. The fourth-order valence-electron chi connectivity index (χ4n) is 2.72. The van der Waals surface area contributed by atoms with Crippen LogP contribution in [0, 0.1) is 6.92 Å². The monoisotopic (exact) mass is 395 g/mol. The van der Waals surface area contributed by atoms with Crippen molar-refractivity contribution in [3.8, 4) is 0 Å². The molecule has 1 aliphatic carbocycles. The Balaban J connectivity index is 1.67. The molecule has 0 radical (unpaired) electrons. The van der Waals surface area contributed by atoms with E-state index in [1.165, 1.54) is 24.3 Å². The van der Waals surface area contributed by atoms with Crippen LogP contribution in [0.4, 0.5) is 0 Å². The SMILES string of the molecule is Cc1ccc(S(=O)(=O)NC2(O)C=CC(C=CC(=O)c3ccccc3)=CC2)cc1. The van der Waals surface area contributed by atoms with Crippen LogP contribution in [0.2, 0.25) is 0 Å². The molecule has 144 valence electrons. The number of carbonyl (C=O) groups excluding carboxylic acids is 1. The lowest BCUT2D eigenvalue weighted by Gasteiger charge is -2.27. The van der Waals surface area contributed by atoms with Crippen molar-refractivity contribution in [2.24, 2.45) is 0 Å². The number of rotatable bonds is 6. The summed E-state index contributed by atoms with van der Waals surface area (Å²) in [5, 5.41) is 10.6. The molecule has 1 atom stereocenters. The fraction of sp³-hybridized carbons (Fsp3) is 0.136. The average Bonchev–Trinajstić information content (AvgIpc) is 2.68. The van der Waals surface area contributed by atoms with E-state index in [4.69, 9.17) is 0 Å². The van der Waals surface area contributed by atoms with Crippen molar-refractivity contribution < 1.29 is 18.3 Å². The van der Waals surface area contributed by atoms with Crippen molar-refractivity contribution in [1.82, 2.24) is 4.72 Å². The van der Waals surface area contributed by atoms with E-state index in [0.717, 1.165) is 5.56 Å². The minimum Gasteiger partial charge on any atom is -0.371 e. The Morgan fingerprint density at radius 1 is 1.11 bits per heavy atom. The molecule has 0 bridgehead atoms. The Labute approximate surface area is 164 Å². The topological polar surface area (TPSA) is 83.5 Å². The molecule has 6 heteroatoms. The first-order valence-electron chi connectivity index (χ1n) is 8.77. The van der Waals surface area contributed by atoms with Gasteiger partial charge in [0.2, 0.25) is 10.0 Å². The summed E-state index contributed by atoms with van der Waals surface area (Å²) in [5.41, 5.74) is 0.523. The van der Waals surface area contributed by atoms with E-state index in [9.17, 15) is 18.3 Å². The number of aryl methyl sites for hydroxylation is 1. The Bertz CT molecular complexity index is 1050. The van der Waals surface area contributed by atoms with Crippen molar-refractivity contribution in [2.75, 3.05) is 0 Å². The van der Waals surface area contributed by atoms with Crippen LogP contribution in [0.15, 0.2) is 95.4 Å². The molecule has 2 N–H and O–H groups in total. The zero-order chi connectivity index (χ0) is 20.2. The second-order valence-corrected chi connectivity index (χ2v) is 8.33. The molecular weight excluding hydrogens is 374 g/mol. The Kier molecular flexibility index (Phi) is 5.74. The van der Waals surface area contributed by atoms with Gasteiger partial charge < -0.3 is 5.11 Å². The molecule has 0 spiro atoms. The van der Waals surface area contributed by atoms with Gasteiger partial charge in [-0.2, -0.15) is 4.72 Å². The minimum absolute atomic E-state index is 0.0494. The number of carbonyl (C=O) groups is 1. The van der Waals surface area contributed by atoms with Crippen molar-refractivity contribution in [3.63, 3.8) is 0 Å². The first kappa shape index (κ1) is 19.9. The maximum atomic E-state index is 12.5. The quantitative estimate of drug-likeness (QED) is 0.447. The lowest BCUT2D eigenvalue weighted by molar-refractivity contribution is 0.0812. The van der Waals surface area contributed by atoms with E-state index in [1.807, 2.05) is 13.0 Å². The molecular formula is C22H21NO4S. The van der Waals surface area contributed by atoms with Crippen LogP contribution in [0.5, 0.6) is 0 Å². The van der Waals surface area contributed by atoms with E-state index >= 15 is 0 Å². The first-order valence-corrected chi connectivity index (χ1v) is 10.3. The highest BCUT2D eigenvalue weighted by Crippen LogP contribution is 2.22. The minimum atomic E-state index is -3.87. The number of allylic oxidation sites excluding steroid dienone is 4. The Morgan fingerprint density at radius 3 is 2.39 bits per heavy atom. The fourth-order valence-corrected chi connectivity index (χ4v) is 3.95. The summed E-state index contributed by atoms with van der Waals surface area (Å²) in [6.07, 6.45) is 7.77. The molecule has 0 saturated carbocycles. The normalized spacial score (nSPS) is 19.6. The lowest BCUT2D eigenvalue weighted by atomic mass is 9.99. The van der Waals surface area contributed by atoms with Crippen LogP contribution < -0.4 is 4.72 Å². The van der Waals surface area contributed by atoms with Gasteiger partial charge in [0.1, 0.15) is 0 Å². The third kappa shape index (κ3) is 4.92. The number of hydrogen-bond acceptors (Lipinski definition) is 4. The van der Waals surface area contributed by atoms with Crippen LogP contribution in [0.1, 0.15) is 22.3 Å². The van der Waals surface area contributed by atoms with Crippen molar-refractivity contribution in [1.29, 1.82) is 0 Å². The van der Waals surface area contributed by atoms with Gasteiger partial charge in [0.25, 0.3) is 0 Å². The van der Waals surface area contributed by atoms with Gasteiger partial charge in [0, 0.05) is 12.0 Å². The number of ketones is 1. The number of aliphatic hydroxyl groups is 1. The standard InChI is InChI=1S/C22H21NO4S/c1-17-7-10-20(11-8-17)28(26,27)23-22(25)15-13-18(14-16-22)9-12-21(24)19-5-3-2-4-6-19/h2-15,23,25H,16H2,1H3. The second kappa shape index (κ2) is 8.06. The van der Waals surface area contributed by atoms with Crippen molar-refractivity contribution in [3.05, 3.63) is 102 Å². The van der Waals surface area contributed by atoms with E-state index in [-0.39, 0.29) is 17.1 Å². The van der Waals surface area contributed by atoms with Crippen LogP contribution in [0.3, 0.4) is 0 Å². The lowest BCUT2D eigenvalue weighted by Crippen LogP contribution is -2.47. The summed E-state index contributed by atoms with van der Waals surface area (Å²) in [5.74, 6) is -0.129. The molecule has 3 rings (SSSR count). The van der Waals surface area contributed by atoms with Gasteiger partial charge in [0.15, 0.2) is 11.5 Å². The van der Waals surface area contributed by atoms with Gasteiger partial charge in [0.05, 0.1) is 4.90 Å². The molecule has 0 fully saturated rings. The molecule has 1 unspecified atom stereocenters. The van der Waals surface area contributed by atoms with Crippen LogP contribution in [-0.2, 0) is 10.0 Å². The summed E-state index contributed by atoms with van der Waals surface area (Å²) in [6, 6.07) is 15.3. The third-order valence-corrected chi connectivity index (χ3v) is 5.84. The van der Waals surface area contributed by atoms with Crippen molar-refractivity contribution in [2.45, 2.75) is 24.0 Å².